The van der Waals surface area contributed by atoms with Gasteiger partial charge in [-0.2, -0.15) is 0 Å². The molecule has 0 aliphatic heterocycles. The van der Waals surface area contributed by atoms with Gasteiger partial charge in [-0.1, -0.05) is 19.1 Å². The van der Waals surface area contributed by atoms with Crippen LogP contribution in [0.15, 0.2) is 41.4 Å². The summed E-state index contributed by atoms with van der Waals surface area (Å²) in [5.41, 5.74) is 3.89. The fourth-order valence-electron chi connectivity index (χ4n) is 2.02. The molecule has 19 heavy (non-hydrogen) atoms. The number of fused-ring (bicyclic) bond motifs is 1. The molecule has 0 bridgehead atoms. The maximum absolute atomic E-state index is 4.44. The van der Waals surface area contributed by atoms with Crippen molar-refractivity contribution < 1.29 is 0 Å². The minimum Gasteiger partial charge on any atom is -0.281 e. The van der Waals surface area contributed by atoms with Gasteiger partial charge in [0.1, 0.15) is 5.65 Å². The fourth-order valence-corrected chi connectivity index (χ4v) is 2.74. The summed E-state index contributed by atoms with van der Waals surface area (Å²) < 4.78 is 1.82. The number of hydrogen-bond donors (Lipinski definition) is 0. The Morgan fingerprint density at radius 3 is 3.05 bits per heavy atom. The maximum atomic E-state index is 4.44. The molecular formula is C15H14N3S. The van der Waals surface area contributed by atoms with E-state index in [1.165, 1.54) is 4.90 Å². The normalized spacial score (nSPS) is 11.1. The van der Waals surface area contributed by atoms with Gasteiger partial charge in [0.05, 0.1) is 11.4 Å². The largest absolute Gasteiger partial charge is 0.281 e. The molecule has 0 aliphatic carbocycles. The van der Waals surface area contributed by atoms with Crippen LogP contribution in [0.25, 0.3) is 16.9 Å². The first-order valence-electron chi connectivity index (χ1n) is 6.24. The second kappa shape index (κ2) is 5.05. The van der Waals surface area contributed by atoms with E-state index in [2.05, 4.69) is 47.5 Å². The van der Waals surface area contributed by atoms with Gasteiger partial charge in [0.15, 0.2) is 6.33 Å². The Kier molecular flexibility index (Phi) is 3.25. The topological polar surface area (TPSA) is 30.2 Å². The van der Waals surface area contributed by atoms with Crippen molar-refractivity contribution in [1.82, 2.24) is 14.4 Å². The number of imidazole rings is 1. The molecule has 0 spiro atoms. The minimum atomic E-state index is 0.885. The van der Waals surface area contributed by atoms with Crippen molar-refractivity contribution in [3.8, 4) is 11.3 Å². The third-order valence-corrected chi connectivity index (χ3v) is 3.71. The van der Waals surface area contributed by atoms with Crippen LogP contribution >= 0.6 is 11.8 Å². The zero-order valence-electron chi connectivity index (χ0n) is 10.9. The van der Waals surface area contributed by atoms with Crippen LogP contribution in [0.2, 0.25) is 0 Å². The summed E-state index contributed by atoms with van der Waals surface area (Å²) in [5.74, 6) is 1.07. The highest BCUT2D eigenvalue weighted by molar-refractivity contribution is 7.99. The average Bonchev–Trinajstić information content (AvgIpc) is 2.78. The molecule has 3 nitrogen and oxygen atoms in total. The first-order valence-corrected chi connectivity index (χ1v) is 7.22. The number of aryl methyl sites for hydroxylation is 1. The molecule has 4 heteroatoms. The highest BCUT2D eigenvalue weighted by Crippen LogP contribution is 2.24. The standard InChI is InChI=1S/C15H14N3S/c1-3-19-13-6-4-5-12(7-13)14-8-15-17-11(2)9-18(15)10-16-14/h4-9H,3H2,1-2H3. The van der Waals surface area contributed by atoms with Crippen molar-refractivity contribution in [3.05, 3.63) is 48.5 Å². The van der Waals surface area contributed by atoms with Gasteiger partial charge in [-0.15, -0.1) is 11.8 Å². The van der Waals surface area contributed by atoms with Crippen molar-refractivity contribution in [2.24, 2.45) is 0 Å². The smallest absolute Gasteiger partial charge is 0.183 e. The molecular weight excluding hydrogens is 254 g/mol. The minimum absolute atomic E-state index is 0.885. The van der Waals surface area contributed by atoms with Crippen LogP contribution in [0, 0.1) is 13.3 Å². The number of aromatic nitrogens is 3. The van der Waals surface area contributed by atoms with Crippen molar-refractivity contribution in [3.63, 3.8) is 0 Å². The van der Waals surface area contributed by atoms with Crippen LogP contribution in [0.1, 0.15) is 12.6 Å². The second-order valence-electron chi connectivity index (χ2n) is 4.31. The lowest BCUT2D eigenvalue weighted by atomic mass is 10.1. The lowest BCUT2D eigenvalue weighted by Gasteiger charge is -2.03. The Labute approximate surface area is 116 Å². The van der Waals surface area contributed by atoms with E-state index in [1.807, 2.05) is 35.3 Å². The van der Waals surface area contributed by atoms with Gasteiger partial charge < -0.3 is 0 Å². The summed E-state index contributed by atoms with van der Waals surface area (Å²) in [7, 11) is 0. The lowest BCUT2D eigenvalue weighted by molar-refractivity contribution is 1.07. The quantitative estimate of drug-likeness (QED) is 0.680. The van der Waals surface area contributed by atoms with Crippen LogP contribution in [-0.2, 0) is 0 Å². The molecule has 0 saturated heterocycles. The van der Waals surface area contributed by atoms with Gasteiger partial charge in [-0.05, 0) is 24.8 Å². The van der Waals surface area contributed by atoms with Crippen LogP contribution in [-0.4, -0.2) is 20.1 Å². The van der Waals surface area contributed by atoms with Crippen LogP contribution in [0.4, 0.5) is 0 Å². The molecule has 95 valence electrons. The molecule has 1 radical (unpaired) electrons. The van der Waals surface area contributed by atoms with Gasteiger partial charge in [0, 0.05) is 22.7 Å². The van der Waals surface area contributed by atoms with E-state index in [9.17, 15) is 0 Å². The molecule has 0 aliphatic rings. The lowest BCUT2D eigenvalue weighted by Crippen LogP contribution is -1.90. The van der Waals surface area contributed by atoms with Gasteiger partial charge in [-0.25, -0.2) is 9.97 Å². The number of benzene rings is 1. The van der Waals surface area contributed by atoms with Crippen molar-refractivity contribution in [2.45, 2.75) is 18.7 Å². The highest BCUT2D eigenvalue weighted by Gasteiger charge is 2.04. The summed E-state index contributed by atoms with van der Waals surface area (Å²) in [4.78, 5) is 10.1. The Morgan fingerprint density at radius 1 is 1.32 bits per heavy atom. The van der Waals surface area contributed by atoms with E-state index in [4.69, 9.17) is 0 Å². The Morgan fingerprint density at radius 2 is 2.21 bits per heavy atom. The monoisotopic (exact) mass is 268 g/mol. The van der Waals surface area contributed by atoms with E-state index < -0.39 is 0 Å². The number of nitrogens with zero attached hydrogens (tertiary/aromatic N) is 3. The first-order chi connectivity index (χ1) is 9.26. The number of thioether (sulfide) groups is 1. The first kappa shape index (κ1) is 12.2. The van der Waals surface area contributed by atoms with Gasteiger partial charge in [-0.3, -0.25) is 4.40 Å². The van der Waals surface area contributed by atoms with Crippen LogP contribution < -0.4 is 0 Å². The Balaban J connectivity index is 2.05. The van der Waals surface area contributed by atoms with E-state index in [0.29, 0.717) is 0 Å². The molecule has 0 amide bonds. The number of rotatable bonds is 3. The maximum Gasteiger partial charge on any atom is 0.183 e. The predicted octanol–water partition coefficient (Wildman–Crippen LogP) is 3.62. The second-order valence-corrected chi connectivity index (χ2v) is 5.65. The summed E-state index contributed by atoms with van der Waals surface area (Å²) in [6.07, 6.45) is 4.91. The van der Waals surface area contributed by atoms with Crippen LogP contribution in [0.5, 0.6) is 0 Å². The summed E-state index contributed by atoms with van der Waals surface area (Å²) in [6.45, 7) is 4.13. The van der Waals surface area contributed by atoms with Gasteiger partial charge in [0.2, 0.25) is 0 Å². The van der Waals surface area contributed by atoms with Crippen molar-refractivity contribution in [1.29, 1.82) is 0 Å². The molecule has 3 aromatic rings. The molecule has 0 atom stereocenters. The van der Waals surface area contributed by atoms with E-state index in [0.717, 1.165) is 28.4 Å². The van der Waals surface area contributed by atoms with Crippen molar-refractivity contribution in [2.75, 3.05) is 5.75 Å². The molecule has 0 saturated carbocycles. The molecule has 3 rings (SSSR count). The molecule has 1 aromatic carbocycles. The molecule has 2 aromatic heterocycles. The van der Waals surface area contributed by atoms with E-state index >= 15 is 0 Å². The predicted molar refractivity (Wildman–Crippen MR) is 78.4 cm³/mol. The third kappa shape index (κ3) is 2.49. The van der Waals surface area contributed by atoms with Crippen LogP contribution in [0.3, 0.4) is 0 Å². The highest BCUT2D eigenvalue weighted by atomic mass is 32.2. The zero-order valence-corrected chi connectivity index (χ0v) is 11.7. The average molecular weight is 268 g/mol. The fraction of sp³-hybridized carbons (Fsp3) is 0.200. The summed E-state index contributed by atoms with van der Waals surface area (Å²) >= 11 is 1.83. The number of hydrogen-bond acceptors (Lipinski definition) is 3. The van der Waals surface area contributed by atoms with Gasteiger partial charge >= 0.3 is 0 Å². The molecule has 0 fully saturated rings. The zero-order chi connectivity index (χ0) is 13.2. The SMILES string of the molecule is CCSc1cccc(-c2cc3nc(C)cn3[c]n2)c1. The Hall–Kier alpha value is -1.81. The van der Waals surface area contributed by atoms with Crippen molar-refractivity contribution >= 4 is 17.4 Å². The Bertz CT molecular complexity index is 718. The summed E-state index contributed by atoms with van der Waals surface area (Å²) in [6, 6.07) is 10.4. The van der Waals surface area contributed by atoms with Gasteiger partial charge in [0.25, 0.3) is 0 Å². The van der Waals surface area contributed by atoms with E-state index in [1.54, 1.807) is 0 Å². The molecule has 0 N–H and O–H groups in total. The van der Waals surface area contributed by atoms with E-state index in [-0.39, 0.29) is 0 Å². The third-order valence-electron chi connectivity index (χ3n) is 2.84. The molecule has 0 unspecified atom stereocenters. The molecule has 2 heterocycles. The summed E-state index contributed by atoms with van der Waals surface area (Å²) in [5, 5.41) is 0.